The summed E-state index contributed by atoms with van der Waals surface area (Å²) in [6.45, 7) is -0.263. The van der Waals surface area contributed by atoms with Crippen LogP contribution < -0.4 is 20.1 Å². The number of nitrogens with one attached hydrogen (secondary N) is 2. The van der Waals surface area contributed by atoms with E-state index >= 15 is 0 Å². The number of rotatable bonds is 9. The van der Waals surface area contributed by atoms with Crippen LogP contribution in [0.5, 0.6) is 11.5 Å². The second-order valence-corrected chi connectivity index (χ2v) is 8.01. The number of non-ortho nitro benzene ring substituents is 1. The first-order chi connectivity index (χ1) is 17.3. The van der Waals surface area contributed by atoms with Gasteiger partial charge in [-0.05, 0) is 57.9 Å². The quantitative estimate of drug-likeness (QED) is 0.166. The first-order valence-electron chi connectivity index (χ1n) is 10.3. The molecule has 0 unspecified atom stereocenters. The predicted molar refractivity (Wildman–Crippen MR) is 137 cm³/mol. The van der Waals surface area contributed by atoms with E-state index in [0.29, 0.717) is 27.2 Å². The van der Waals surface area contributed by atoms with E-state index in [9.17, 15) is 25.0 Å². The SMILES string of the molecule is COc1ccccc1NC(=O)COc1ccc(/C=C(/C#N)C(=O)Nc2cccc([N+](=O)[O-])c2)cc1Br. The number of anilines is 2. The molecule has 36 heavy (non-hydrogen) atoms. The fourth-order valence-electron chi connectivity index (χ4n) is 3.01. The third-order valence-corrected chi connectivity index (χ3v) is 5.31. The number of carbonyl (C=O) groups excluding carboxylic acids is 2. The van der Waals surface area contributed by atoms with Crippen LogP contribution in [-0.2, 0) is 9.59 Å². The second-order valence-electron chi connectivity index (χ2n) is 7.16. The molecule has 0 aliphatic rings. The van der Waals surface area contributed by atoms with Crippen LogP contribution in [0.4, 0.5) is 17.1 Å². The van der Waals surface area contributed by atoms with Gasteiger partial charge in [0.25, 0.3) is 17.5 Å². The second kappa shape index (κ2) is 12.1. The highest BCUT2D eigenvalue weighted by Gasteiger charge is 2.13. The van der Waals surface area contributed by atoms with Crippen molar-refractivity contribution in [1.29, 1.82) is 5.26 Å². The third-order valence-electron chi connectivity index (χ3n) is 4.69. The summed E-state index contributed by atoms with van der Waals surface area (Å²) in [6.07, 6.45) is 1.36. The first kappa shape index (κ1) is 25.9. The molecule has 3 rings (SSSR count). The van der Waals surface area contributed by atoms with Crippen LogP contribution in [0.15, 0.2) is 76.8 Å². The highest BCUT2D eigenvalue weighted by molar-refractivity contribution is 9.10. The molecule has 0 saturated heterocycles. The van der Waals surface area contributed by atoms with Crippen molar-refractivity contribution in [1.82, 2.24) is 0 Å². The number of nitriles is 1. The molecule has 182 valence electrons. The highest BCUT2D eigenvalue weighted by atomic mass is 79.9. The van der Waals surface area contributed by atoms with E-state index < -0.39 is 10.8 Å². The summed E-state index contributed by atoms with van der Waals surface area (Å²) in [5.74, 6) is -0.213. The summed E-state index contributed by atoms with van der Waals surface area (Å²) in [5, 5.41) is 25.5. The first-order valence-corrected chi connectivity index (χ1v) is 11.1. The minimum atomic E-state index is -0.720. The van der Waals surface area contributed by atoms with Gasteiger partial charge in [0.15, 0.2) is 6.61 Å². The number of nitrogens with zero attached hydrogens (tertiary/aromatic N) is 2. The van der Waals surface area contributed by atoms with E-state index in [0.717, 1.165) is 0 Å². The van der Waals surface area contributed by atoms with Crippen molar-refractivity contribution in [2.45, 2.75) is 0 Å². The van der Waals surface area contributed by atoms with Gasteiger partial charge in [-0.3, -0.25) is 19.7 Å². The normalized spacial score (nSPS) is 10.6. The van der Waals surface area contributed by atoms with Gasteiger partial charge in [-0.2, -0.15) is 5.26 Å². The maximum absolute atomic E-state index is 12.5. The molecule has 0 spiro atoms. The Balaban J connectivity index is 1.65. The highest BCUT2D eigenvalue weighted by Crippen LogP contribution is 2.28. The number of carbonyl (C=O) groups is 2. The lowest BCUT2D eigenvalue weighted by atomic mass is 10.1. The molecule has 0 heterocycles. The van der Waals surface area contributed by atoms with Crippen LogP contribution >= 0.6 is 15.9 Å². The molecule has 3 aromatic rings. The number of nitro benzene ring substituents is 1. The van der Waals surface area contributed by atoms with Crippen LogP contribution in [0.1, 0.15) is 5.56 Å². The van der Waals surface area contributed by atoms with Crippen LogP contribution in [-0.4, -0.2) is 30.5 Å². The minimum Gasteiger partial charge on any atom is -0.495 e. The van der Waals surface area contributed by atoms with Gasteiger partial charge in [0.2, 0.25) is 0 Å². The zero-order valence-electron chi connectivity index (χ0n) is 18.9. The van der Waals surface area contributed by atoms with E-state index in [2.05, 4.69) is 26.6 Å². The molecule has 11 heteroatoms. The van der Waals surface area contributed by atoms with Gasteiger partial charge in [-0.15, -0.1) is 0 Å². The molecule has 3 aromatic carbocycles. The molecule has 0 aliphatic heterocycles. The molecular formula is C25H19BrN4O6. The Morgan fingerprint density at radius 2 is 1.86 bits per heavy atom. The van der Waals surface area contributed by atoms with Gasteiger partial charge < -0.3 is 20.1 Å². The maximum Gasteiger partial charge on any atom is 0.271 e. The van der Waals surface area contributed by atoms with E-state index in [1.807, 2.05) is 6.07 Å². The third kappa shape index (κ3) is 6.91. The number of hydrogen-bond acceptors (Lipinski definition) is 7. The van der Waals surface area contributed by atoms with Gasteiger partial charge in [0.1, 0.15) is 23.1 Å². The summed E-state index contributed by atoms with van der Waals surface area (Å²) >= 11 is 3.36. The zero-order chi connectivity index (χ0) is 26.1. The molecule has 0 atom stereocenters. The Hall–Kier alpha value is -4.69. The molecule has 2 N–H and O–H groups in total. The van der Waals surface area contributed by atoms with Gasteiger partial charge in [-0.1, -0.05) is 24.3 Å². The monoisotopic (exact) mass is 550 g/mol. The summed E-state index contributed by atoms with van der Waals surface area (Å²) in [5.41, 5.74) is 0.815. The number of halogens is 1. The Morgan fingerprint density at radius 3 is 2.56 bits per heavy atom. The topological polar surface area (TPSA) is 144 Å². The van der Waals surface area contributed by atoms with E-state index in [1.54, 1.807) is 42.5 Å². The molecule has 2 amide bonds. The lowest BCUT2D eigenvalue weighted by molar-refractivity contribution is -0.384. The van der Waals surface area contributed by atoms with Crippen molar-refractivity contribution in [2.24, 2.45) is 0 Å². The van der Waals surface area contributed by atoms with Crippen molar-refractivity contribution in [3.63, 3.8) is 0 Å². The number of amides is 2. The van der Waals surface area contributed by atoms with Crippen LogP contribution in [0.3, 0.4) is 0 Å². The fourth-order valence-corrected chi connectivity index (χ4v) is 3.52. The van der Waals surface area contributed by atoms with Gasteiger partial charge in [0, 0.05) is 17.8 Å². The fraction of sp³-hybridized carbons (Fsp3) is 0.0800. The molecule has 0 fully saturated rings. The standard InChI is InChI=1S/C25H19BrN4O6/c1-35-23-8-3-2-7-21(23)29-24(31)15-36-22-10-9-16(12-20(22)26)11-17(14-27)25(32)28-18-5-4-6-19(13-18)30(33)34/h2-13H,15H2,1H3,(H,28,32)(H,29,31)/b17-11-. The van der Waals surface area contributed by atoms with Crippen LogP contribution in [0.2, 0.25) is 0 Å². The smallest absolute Gasteiger partial charge is 0.271 e. The average molecular weight is 551 g/mol. The average Bonchev–Trinajstić information content (AvgIpc) is 2.87. The summed E-state index contributed by atoms with van der Waals surface area (Å²) < 4.78 is 11.3. The van der Waals surface area contributed by atoms with Gasteiger partial charge in [0.05, 0.1) is 22.2 Å². The van der Waals surface area contributed by atoms with Crippen molar-refractivity contribution in [3.05, 3.63) is 92.5 Å². The molecule has 0 saturated carbocycles. The number of nitro groups is 1. The lowest BCUT2D eigenvalue weighted by Crippen LogP contribution is -2.20. The molecule has 10 nitrogen and oxygen atoms in total. The number of hydrogen-bond donors (Lipinski definition) is 2. The van der Waals surface area contributed by atoms with Crippen molar-refractivity contribution in [3.8, 4) is 17.6 Å². The maximum atomic E-state index is 12.5. The number of benzene rings is 3. The number of para-hydroxylation sites is 2. The molecule has 0 aromatic heterocycles. The summed E-state index contributed by atoms with van der Waals surface area (Å²) in [4.78, 5) is 35.1. The minimum absolute atomic E-state index is 0.187. The summed E-state index contributed by atoms with van der Waals surface area (Å²) in [6, 6.07) is 19.0. The molecule has 0 aliphatic carbocycles. The Morgan fingerprint density at radius 1 is 1.08 bits per heavy atom. The number of methoxy groups -OCH3 is 1. The predicted octanol–water partition coefficient (Wildman–Crippen LogP) is 4.93. The Bertz CT molecular complexity index is 1380. The molecule has 0 bridgehead atoms. The van der Waals surface area contributed by atoms with Crippen molar-refractivity contribution >= 4 is 50.9 Å². The van der Waals surface area contributed by atoms with E-state index in [1.165, 1.54) is 37.5 Å². The zero-order valence-corrected chi connectivity index (χ0v) is 20.4. The molecular weight excluding hydrogens is 532 g/mol. The number of ether oxygens (including phenoxy) is 2. The largest absolute Gasteiger partial charge is 0.495 e. The van der Waals surface area contributed by atoms with Gasteiger partial charge in [-0.25, -0.2) is 0 Å². The van der Waals surface area contributed by atoms with Crippen molar-refractivity contribution in [2.75, 3.05) is 24.4 Å². The Kier molecular flexibility index (Phi) is 8.74. The Labute approximate surface area is 214 Å². The summed E-state index contributed by atoms with van der Waals surface area (Å²) in [7, 11) is 1.50. The van der Waals surface area contributed by atoms with E-state index in [4.69, 9.17) is 9.47 Å². The van der Waals surface area contributed by atoms with E-state index in [-0.39, 0.29) is 29.5 Å². The van der Waals surface area contributed by atoms with Crippen LogP contribution in [0.25, 0.3) is 6.08 Å². The van der Waals surface area contributed by atoms with Crippen LogP contribution in [0, 0.1) is 21.4 Å². The lowest BCUT2D eigenvalue weighted by Gasteiger charge is -2.11. The van der Waals surface area contributed by atoms with Crippen molar-refractivity contribution < 1.29 is 24.0 Å². The van der Waals surface area contributed by atoms with Gasteiger partial charge >= 0.3 is 0 Å². The molecule has 0 radical (unpaired) electrons.